The van der Waals surface area contributed by atoms with E-state index in [-0.39, 0.29) is 0 Å². The zero-order chi connectivity index (χ0) is 19.7. The second-order valence-corrected chi connectivity index (χ2v) is 6.42. The number of methoxy groups -OCH3 is 1. The number of carbonyl (C=O) groups excluding carboxylic acids is 1. The Bertz CT molecular complexity index is 1140. The summed E-state index contributed by atoms with van der Waals surface area (Å²) in [6.07, 6.45) is 5.27. The van der Waals surface area contributed by atoms with E-state index in [9.17, 15) is 4.79 Å². The van der Waals surface area contributed by atoms with Crippen LogP contribution in [0, 0.1) is 6.92 Å². The molecule has 0 saturated heterocycles. The number of aryl methyl sites for hydroxylation is 2. The van der Waals surface area contributed by atoms with Crippen molar-refractivity contribution in [1.82, 2.24) is 29.3 Å². The van der Waals surface area contributed by atoms with Crippen molar-refractivity contribution in [1.29, 1.82) is 0 Å². The number of esters is 1. The van der Waals surface area contributed by atoms with Gasteiger partial charge in [-0.15, -0.1) is 0 Å². The molecule has 0 spiro atoms. The second kappa shape index (κ2) is 7.22. The van der Waals surface area contributed by atoms with Crippen molar-refractivity contribution in [2.45, 2.75) is 26.9 Å². The molecule has 142 valence electrons. The highest BCUT2D eigenvalue weighted by Gasteiger charge is 2.15. The van der Waals surface area contributed by atoms with Crippen LogP contribution in [0.5, 0.6) is 0 Å². The lowest BCUT2D eigenvalue weighted by Gasteiger charge is -2.07. The summed E-state index contributed by atoms with van der Waals surface area (Å²) in [4.78, 5) is 24.9. The van der Waals surface area contributed by atoms with Crippen molar-refractivity contribution >= 4 is 17.0 Å². The van der Waals surface area contributed by atoms with Crippen molar-refractivity contribution in [3.8, 4) is 11.4 Å². The Hall–Kier alpha value is -3.55. The molecule has 0 bridgehead atoms. The van der Waals surface area contributed by atoms with Crippen molar-refractivity contribution in [3.05, 3.63) is 59.9 Å². The zero-order valence-electron chi connectivity index (χ0n) is 16.0. The highest BCUT2D eigenvalue weighted by molar-refractivity contribution is 5.87. The van der Waals surface area contributed by atoms with Gasteiger partial charge in [-0.1, -0.05) is 24.3 Å². The van der Waals surface area contributed by atoms with Crippen LogP contribution in [-0.2, 0) is 17.8 Å². The quantitative estimate of drug-likeness (QED) is 0.498. The van der Waals surface area contributed by atoms with Crippen LogP contribution in [0.1, 0.15) is 28.8 Å². The normalized spacial score (nSPS) is 11.1. The Morgan fingerprint density at radius 3 is 2.64 bits per heavy atom. The van der Waals surface area contributed by atoms with E-state index in [4.69, 9.17) is 4.74 Å². The second-order valence-electron chi connectivity index (χ2n) is 6.42. The predicted molar refractivity (Wildman–Crippen MR) is 104 cm³/mol. The summed E-state index contributed by atoms with van der Waals surface area (Å²) < 4.78 is 8.57. The van der Waals surface area contributed by atoms with Gasteiger partial charge in [-0.3, -0.25) is 0 Å². The molecule has 4 rings (SSSR count). The van der Waals surface area contributed by atoms with E-state index in [0.29, 0.717) is 18.8 Å². The van der Waals surface area contributed by atoms with Gasteiger partial charge in [0, 0.05) is 24.5 Å². The van der Waals surface area contributed by atoms with Crippen LogP contribution in [0.2, 0.25) is 0 Å². The molecule has 0 aliphatic rings. The summed E-state index contributed by atoms with van der Waals surface area (Å²) in [5.74, 6) is 1.02. The summed E-state index contributed by atoms with van der Waals surface area (Å²) in [7, 11) is 1.35. The smallest absolute Gasteiger partial charge is 0.358 e. The number of ether oxygens (including phenoxy) is 1. The minimum Gasteiger partial charge on any atom is -0.464 e. The first-order valence-corrected chi connectivity index (χ1v) is 8.99. The summed E-state index contributed by atoms with van der Waals surface area (Å²) in [6.45, 7) is 5.19. The molecule has 0 radical (unpaired) electrons. The van der Waals surface area contributed by atoms with Gasteiger partial charge in [-0.25, -0.2) is 24.4 Å². The van der Waals surface area contributed by atoms with E-state index in [1.165, 1.54) is 7.11 Å². The van der Waals surface area contributed by atoms with Gasteiger partial charge in [-0.2, -0.15) is 5.10 Å². The highest BCUT2D eigenvalue weighted by atomic mass is 16.5. The van der Waals surface area contributed by atoms with E-state index in [1.807, 2.05) is 47.4 Å². The molecule has 8 heteroatoms. The molecule has 8 nitrogen and oxygen atoms in total. The summed E-state index contributed by atoms with van der Waals surface area (Å²) >= 11 is 0. The standard InChI is InChI=1S/C20H20N6O2/c1-4-25-12-17(20(27)28-3)24-18(25)15-7-5-14(6-8-15)11-26-19-16(10-22-26)9-21-13(2)23-19/h5-10,12H,4,11H2,1-3H3. The van der Waals surface area contributed by atoms with E-state index in [0.717, 1.165) is 33.8 Å². The maximum absolute atomic E-state index is 11.8. The molecule has 0 fully saturated rings. The predicted octanol–water partition coefficient (Wildman–Crippen LogP) is 2.85. The third-order valence-corrected chi connectivity index (χ3v) is 4.55. The van der Waals surface area contributed by atoms with E-state index < -0.39 is 5.97 Å². The van der Waals surface area contributed by atoms with Crippen LogP contribution in [0.3, 0.4) is 0 Å². The molecule has 3 aromatic heterocycles. The van der Waals surface area contributed by atoms with Crippen LogP contribution in [-0.4, -0.2) is 42.4 Å². The number of imidazole rings is 1. The minimum atomic E-state index is -0.437. The van der Waals surface area contributed by atoms with Crippen molar-refractivity contribution in [2.75, 3.05) is 7.11 Å². The molecular weight excluding hydrogens is 356 g/mol. The number of nitrogens with zero attached hydrogens (tertiary/aromatic N) is 6. The summed E-state index contributed by atoms with van der Waals surface area (Å²) in [6, 6.07) is 8.06. The Kier molecular flexibility index (Phi) is 4.60. The van der Waals surface area contributed by atoms with Gasteiger partial charge >= 0.3 is 5.97 Å². The van der Waals surface area contributed by atoms with Gasteiger partial charge in [-0.05, 0) is 19.4 Å². The lowest BCUT2D eigenvalue weighted by molar-refractivity contribution is 0.0594. The molecule has 1 aromatic carbocycles. The number of hydrogen-bond donors (Lipinski definition) is 0. The van der Waals surface area contributed by atoms with Crippen LogP contribution >= 0.6 is 0 Å². The van der Waals surface area contributed by atoms with Crippen LogP contribution in [0.25, 0.3) is 22.4 Å². The fourth-order valence-corrected chi connectivity index (χ4v) is 3.09. The summed E-state index contributed by atoms with van der Waals surface area (Å²) in [5, 5.41) is 5.34. The lowest BCUT2D eigenvalue weighted by Crippen LogP contribution is -2.03. The first kappa shape index (κ1) is 17.8. The van der Waals surface area contributed by atoms with Crippen LogP contribution in [0.15, 0.2) is 42.9 Å². The molecule has 28 heavy (non-hydrogen) atoms. The molecule has 4 aromatic rings. The third-order valence-electron chi connectivity index (χ3n) is 4.55. The highest BCUT2D eigenvalue weighted by Crippen LogP contribution is 2.21. The molecule has 0 unspecified atom stereocenters. The third kappa shape index (κ3) is 3.24. The number of carbonyl (C=O) groups is 1. The SMILES string of the molecule is CCn1cc(C(=O)OC)nc1-c1ccc(Cn2ncc3cnc(C)nc32)cc1. The molecule has 0 atom stereocenters. The van der Waals surface area contributed by atoms with Gasteiger partial charge in [0.1, 0.15) is 11.6 Å². The molecule has 0 saturated carbocycles. The molecular formula is C20H20N6O2. The molecule has 3 heterocycles. The van der Waals surface area contributed by atoms with Gasteiger partial charge in [0.15, 0.2) is 11.3 Å². The molecule has 0 aliphatic carbocycles. The van der Waals surface area contributed by atoms with Crippen molar-refractivity contribution < 1.29 is 9.53 Å². The molecule has 0 amide bonds. The maximum Gasteiger partial charge on any atom is 0.358 e. The average molecular weight is 376 g/mol. The van der Waals surface area contributed by atoms with E-state index in [2.05, 4.69) is 20.1 Å². The fourth-order valence-electron chi connectivity index (χ4n) is 3.09. The number of rotatable bonds is 5. The number of benzene rings is 1. The average Bonchev–Trinajstić information content (AvgIpc) is 3.32. The van der Waals surface area contributed by atoms with Gasteiger partial charge in [0.25, 0.3) is 0 Å². The first-order valence-electron chi connectivity index (χ1n) is 8.99. The number of hydrogen-bond acceptors (Lipinski definition) is 6. The fraction of sp³-hybridized carbons (Fsp3) is 0.250. The Labute approximate surface area is 161 Å². The summed E-state index contributed by atoms with van der Waals surface area (Å²) in [5.41, 5.74) is 3.15. The lowest BCUT2D eigenvalue weighted by atomic mass is 10.1. The largest absolute Gasteiger partial charge is 0.464 e. The topological polar surface area (TPSA) is 87.7 Å². The van der Waals surface area contributed by atoms with Crippen molar-refractivity contribution in [3.63, 3.8) is 0 Å². The molecule has 0 N–H and O–H groups in total. The zero-order valence-corrected chi connectivity index (χ0v) is 16.0. The van der Waals surface area contributed by atoms with Gasteiger partial charge in [0.2, 0.25) is 0 Å². The van der Waals surface area contributed by atoms with E-state index in [1.54, 1.807) is 18.6 Å². The van der Waals surface area contributed by atoms with Gasteiger partial charge < -0.3 is 9.30 Å². The molecule has 0 aliphatic heterocycles. The van der Waals surface area contributed by atoms with E-state index >= 15 is 0 Å². The van der Waals surface area contributed by atoms with Crippen LogP contribution in [0.4, 0.5) is 0 Å². The monoisotopic (exact) mass is 376 g/mol. The Balaban J connectivity index is 1.61. The number of aromatic nitrogens is 6. The van der Waals surface area contributed by atoms with Crippen LogP contribution < -0.4 is 0 Å². The maximum atomic E-state index is 11.8. The Morgan fingerprint density at radius 1 is 1.14 bits per heavy atom. The Morgan fingerprint density at radius 2 is 1.93 bits per heavy atom. The first-order chi connectivity index (χ1) is 13.6. The minimum absolute atomic E-state index is 0.307. The van der Waals surface area contributed by atoms with Gasteiger partial charge in [0.05, 0.1) is 25.2 Å². The number of fused-ring (bicyclic) bond motifs is 1. The van der Waals surface area contributed by atoms with Crippen molar-refractivity contribution in [2.24, 2.45) is 0 Å².